The van der Waals surface area contributed by atoms with Crippen molar-refractivity contribution >= 4 is 40.5 Å². The minimum atomic E-state index is 0.257. The van der Waals surface area contributed by atoms with Crippen LogP contribution in [0.4, 0.5) is 5.69 Å². The predicted molar refractivity (Wildman–Crippen MR) is 131 cm³/mol. The Morgan fingerprint density at radius 1 is 1.23 bits per heavy atom. The van der Waals surface area contributed by atoms with Crippen molar-refractivity contribution in [2.45, 2.75) is 37.8 Å². The molecule has 0 radical (unpaired) electrons. The second-order valence-corrected chi connectivity index (χ2v) is 8.93. The van der Waals surface area contributed by atoms with Crippen LogP contribution in [0.2, 0.25) is 10.0 Å². The molecule has 2 aliphatic rings. The third kappa shape index (κ3) is 5.95. The first-order chi connectivity index (χ1) is 14.5. The SMILES string of the molecule is C=C/C=C(\C=C/N)CNC1CCN(c2ccc(Cl)cc2Cl)C(C2=CC=C(Cl)CC2)C1. The van der Waals surface area contributed by atoms with Crippen molar-refractivity contribution in [3.05, 3.63) is 87.6 Å². The van der Waals surface area contributed by atoms with Crippen molar-refractivity contribution in [3.63, 3.8) is 0 Å². The smallest absolute Gasteiger partial charge is 0.0654 e. The first-order valence-corrected chi connectivity index (χ1v) is 11.3. The van der Waals surface area contributed by atoms with Crippen LogP contribution in [-0.4, -0.2) is 25.2 Å². The molecule has 1 aromatic rings. The number of benzene rings is 1. The number of halogens is 3. The van der Waals surface area contributed by atoms with E-state index in [1.54, 1.807) is 12.3 Å². The van der Waals surface area contributed by atoms with Crippen LogP contribution in [0.3, 0.4) is 0 Å². The van der Waals surface area contributed by atoms with E-state index in [1.165, 1.54) is 5.57 Å². The molecule has 3 nitrogen and oxygen atoms in total. The molecule has 3 rings (SSSR count). The quantitative estimate of drug-likeness (QED) is 0.462. The minimum absolute atomic E-state index is 0.257. The van der Waals surface area contributed by atoms with Gasteiger partial charge in [-0.25, -0.2) is 0 Å². The fraction of sp³-hybridized carbons (Fsp3) is 0.333. The molecule has 1 saturated heterocycles. The number of nitrogens with one attached hydrogen (secondary N) is 1. The number of piperidine rings is 1. The van der Waals surface area contributed by atoms with Crippen molar-refractivity contribution in [1.29, 1.82) is 0 Å². The lowest BCUT2D eigenvalue weighted by molar-refractivity contribution is 0.382. The van der Waals surface area contributed by atoms with Crippen LogP contribution in [0.1, 0.15) is 25.7 Å². The van der Waals surface area contributed by atoms with Gasteiger partial charge in [-0.15, -0.1) is 0 Å². The second kappa shape index (κ2) is 11.1. The van der Waals surface area contributed by atoms with Gasteiger partial charge in [0.25, 0.3) is 0 Å². The molecule has 1 aromatic carbocycles. The molecule has 30 heavy (non-hydrogen) atoms. The van der Waals surface area contributed by atoms with E-state index in [0.29, 0.717) is 16.1 Å². The highest BCUT2D eigenvalue weighted by Crippen LogP contribution is 2.37. The molecule has 160 valence electrons. The molecule has 1 aliphatic carbocycles. The van der Waals surface area contributed by atoms with Crippen molar-refractivity contribution in [1.82, 2.24) is 5.32 Å². The van der Waals surface area contributed by atoms with Crippen molar-refractivity contribution in [2.75, 3.05) is 18.0 Å². The van der Waals surface area contributed by atoms with Crippen LogP contribution < -0.4 is 16.0 Å². The molecular formula is C24H28Cl3N3. The Hall–Kier alpha value is -1.65. The number of hydrogen-bond acceptors (Lipinski definition) is 3. The van der Waals surface area contributed by atoms with Gasteiger partial charge in [0.2, 0.25) is 0 Å². The summed E-state index contributed by atoms with van der Waals surface area (Å²) >= 11 is 18.9. The maximum Gasteiger partial charge on any atom is 0.0654 e. The van der Waals surface area contributed by atoms with E-state index in [0.717, 1.165) is 55.1 Å². The van der Waals surface area contributed by atoms with Gasteiger partial charge >= 0.3 is 0 Å². The molecule has 0 bridgehead atoms. The van der Waals surface area contributed by atoms with Crippen molar-refractivity contribution in [3.8, 4) is 0 Å². The summed E-state index contributed by atoms with van der Waals surface area (Å²) in [5, 5.41) is 5.94. The number of nitrogens with zero attached hydrogens (tertiary/aromatic N) is 1. The number of allylic oxidation sites excluding steroid dienone is 5. The molecule has 1 fully saturated rings. The Labute approximate surface area is 194 Å². The van der Waals surface area contributed by atoms with Crippen LogP contribution in [0.25, 0.3) is 0 Å². The molecule has 0 saturated carbocycles. The van der Waals surface area contributed by atoms with E-state index in [1.807, 2.05) is 36.4 Å². The molecule has 1 heterocycles. The maximum atomic E-state index is 6.57. The van der Waals surface area contributed by atoms with Gasteiger partial charge < -0.3 is 16.0 Å². The Bertz CT molecular complexity index is 886. The third-order valence-corrected chi connectivity index (χ3v) is 6.47. The summed E-state index contributed by atoms with van der Waals surface area (Å²) in [5.41, 5.74) is 9.10. The molecule has 2 unspecified atom stereocenters. The highest BCUT2D eigenvalue weighted by Gasteiger charge is 2.32. The van der Waals surface area contributed by atoms with Gasteiger partial charge in [-0.05, 0) is 73.4 Å². The summed E-state index contributed by atoms with van der Waals surface area (Å²) in [6, 6.07) is 6.39. The first kappa shape index (κ1) is 23.0. The van der Waals surface area contributed by atoms with E-state index in [9.17, 15) is 0 Å². The number of rotatable bonds is 7. The highest BCUT2D eigenvalue weighted by molar-refractivity contribution is 6.36. The monoisotopic (exact) mass is 463 g/mol. The lowest BCUT2D eigenvalue weighted by Crippen LogP contribution is -2.50. The topological polar surface area (TPSA) is 41.3 Å². The van der Waals surface area contributed by atoms with E-state index in [4.69, 9.17) is 40.5 Å². The van der Waals surface area contributed by atoms with Gasteiger partial charge in [-0.1, -0.05) is 59.6 Å². The van der Waals surface area contributed by atoms with Gasteiger partial charge in [0.05, 0.1) is 16.8 Å². The zero-order valence-electron chi connectivity index (χ0n) is 17.0. The van der Waals surface area contributed by atoms with Gasteiger partial charge in [0.15, 0.2) is 0 Å². The molecular weight excluding hydrogens is 437 g/mol. The lowest BCUT2D eigenvalue weighted by Gasteiger charge is -2.43. The van der Waals surface area contributed by atoms with Crippen LogP contribution in [-0.2, 0) is 0 Å². The number of nitrogens with two attached hydrogens (primary N) is 1. The Kier molecular flexibility index (Phi) is 8.52. The van der Waals surface area contributed by atoms with Crippen LogP contribution in [0.15, 0.2) is 77.5 Å². The molecule has 0 aromatic heterocycles. The minimum Gasteiger partial charge on any atom is -0.405 e. The summed E-state index contributed by atoms with van der Waals surface area (Å²) < 4.78 is 0. The third-order valence-electron chi connectivity index (χ3n) is 5.62. The van der Waals surface area contributed by atoms with Crippen LogP contribution in [0.5, 0.6) is 0 Å². The molecule has 3 N–H and O–H groups in total. The fourth-order valence-electron chi connectivity index (χ4n) is 4.12. The molecule has 6 heteroatoms. The summed E-state index contributed by atoms with van der Waals surface area (Å²) in [6.07, 6.45) is 15.3. The van der Waals surface area contributed by atoms with Gasteiger partial charge in [-0.2, -0.15) is 0 Å². The first-order valence-electron chi connectivity index (χ1n) is 10.2. The van der Waals surface area contributed by atoms with Crippen molar-refractivity contribution < 1.29 is 0 Å². The molecule has 0 spiro atoms. The average molecular weight is 465 g/mol. The largest absolute Gasteiger partial charge is 0.405 e. The van der Waals surface area contributed by atoms with E-state index < -0.39 is 0 Å². The lowest BCUT2D eigenvalue weighted by atomic mass is 9.87. The standard InChI is InChI=1S/C24H28Cl3N3/c1-2-3-17(10-12-28)16-29-21-11-13-30(23-9-8-20(26)14-22(23)27)24(15-21)18-4-6-19(25)7-5-18/h2-4,6,8-10,12,14,21,24,29H,1,5,7,11,13,15-16,28H2/b12-10-,17-3+. The van der Waals surface area contributed by atoms with Gasteiger partial charge in [0.1, 0.15) is 0 Å². The number of hydrogen-bond donors (Lipinski definition) is 2. The second-order valence-electron chi connectivity index (χ2n) is 7.60. The van der Waals surface area contributed by atoms with Crippen LogP contribution >= 0.6 is 34.8 Å². The Balaban J connectivity index is 1.81. The maximum absolute atomic E-state index is 6.57. The van der Waals surface area contributed by atoms with Gasteiger partial charge in [0, 0.05) is 29.2 Å². The summed E-state index contributed by atoms with van der Waals surface area (Å²) in [4.78, 5) is 2.41. The summed E-state index contributed by atoms with van der Waals surface area (Å²) in [6.45, 7) is 5.45. The van der Waals surface area contributed by atoms with E-state index in [-0.39, 0.29) is 6.04 Å². The van der Waals surface area contributed by atoms with Crippen LogP contribution in [0, 0.1) is 0 Å². The normalized spacial score (nSPS) is 22.8. The van der Waals surface area contributed by atoms with E-state index in [2.05, 4.69) is 22.9 Å². The van der Waals surface area contributed by atoms with Crippen molar-refractivity contribution in [2.24, 2.45) is 5.73 Å². The Morgan fingerprint density at radius 3 is 2.73 bits per heavy atom. The molecule has 0 amide bonds. The van der Waals surface area contributed by atoms with Gasteiger partial charge in [-0.3, -0.25) is 0 Å². The fourth-order valence-corrected chi connectivity index (χ4v) is 4.80. The Morgan fingerprint density at radius 2 is 2.07 bits per heavy atom. The highest BCUT2D eigenvalue weighted by atomic mass is 35.5. The zero-order valence-corrected chi connectivity index (χ0v) is 19.2. The molecule has 2 atom stereocenters. The summed E-state index contributed by atoms with van der Waals surface area (Å²) in [5.74, 6) is 0. The predicted octanol–water partition coefficient (Wildman–Crippen LogP) is 6.35. The molecule has 1 aliphatic heterocycles. The average Bonchev–Trinajstić information content (AvgIpc) is 2.73. The van der Waals surface area contributed by atoms with E-state index >= 15 is 0 Å². The number of anilines is 1. The summed E-state index contributed by atoms with van der Waals surface area (Å²) in [7, 11) is 0. The zero-order chi connectivity index (χ0) is 21.5.